The van der Waals surface area contributed by atoms with Crippen LogP contribution >= 0.6 is 23.3 Å². The predicted molar refractivity (Wildman–Crippen MR) is 179 cm³/mol. The number of hydrogen-bond donors (Lipinski definition) is 3. The third kappa shape index (κ3) is 12.5. The molecule has 2 atom stereocenters. The third-order valence-corrected chi connectivity index (χ3v) is 8.19. The van der Waals surface area contributed by atoms with Crippen LogP contribution < -0.4 is 15.4 Å². The molecular weight excluding hydrogens is 581 g/mol. The second-order valence-corrected chi connectivity index (χ2v) is 12.7. The van der Waals surface area contributed by atoms with Gasteiger partial charge in [-0.3, -0.25) is 19.4 Å². The highest BCUT2D eigenvalue weighted by atomic mass is 32.2. The van der Waals surface area contributed by atoms with Gasteiger partial charge in [0.05, 0.1) is 5.69 Å². The summed E-state index contributed by atoms with van der Waals surface area (Å²) in [6, 6.07) is 5.16. The van der Waals surface area contributed by atoms with Crippen LogP contribution in [-0.4, -0.2) is 63.0 Å². The Kier molecular flexibility index (Phi) is 16.8. The summed E-state index contributed by atoms with van der Waals surface area (Å²) < 4.78 is 2.55. The van der Waals surface area contributed by atoms with Gasteiger partial charge in [0.25, 0.3) is 0 Å². The normalized spacial score (nSPS) is 17.3. The monoisotopic (exact) mass is 624 g/mol. The summed E-state index contributed by atoms with van der Waals surface area (Å²) in [5.74, 6) is -0.0479. The van der Waals surface area contributed by atoms with Gasteiger partial charge in [0.15, 0.2) is 5.13 Å². The highest BCUT2D eigenvalue weighted by molar-refractivity contribution is 7.98. The lowest BCUT2D eigenvalue weighted by Crippen LogP contribution is -2.54. The van der Waals surface area contributed by atoms with Gasteiger partial charge in [-0.05, 0) is 68.0 Å². The molecule has 3 fully saturated rings. The van der Waals surface area contributed by atoms with E-state index in [1.54, 1.807) is 11.1 Å². The van der Waals surface area contributed by atoms with E-state index in [1.807, 2.05) is 44.4 Å². The maximum Gasteiger partial charge on any atom is 0.246 e. The van der Waals surface area contributed by atoms with Crippen molar-refractivity contribution in [2.45, 2.75) is 82.7 Å². The van der Waals surface area contributed by atoms with Gasteiger partial charge in [-0.15, -0.1) is 50.2 Å². The smallest absolute Gasteiger partial charge is 0.246 e. The number of thiazole rings is 1. The molecule has 0 unspecified atom stereocenters. The molecule has 0 spiro atoms. The zero-order valence-electron chi connectivity index (χ0n) is 25.3. The van der Waals surface area contributed by atoms with E-state index in [1.165, 1.54) is 36.1 Å². The lowest BCUT2D eigenvalue weighted by atomic mass is 9.85. The second kappa shape index (κ2) is 19.4. The van der Waals surface area contributed by atoms with Gasteiger partial charge < -0.3 is 20.3 Å². The van der Waals surface area contributed by atoms with Crippen molar-refractivity contribution in [3.63, 3.8) is 0 Å². The first kappa shape index (κ1) is 37.2. The number of aromatic nitrogens is 2. The fraction of sp³-hybridized carbons (Fsp3) is 0.469. The molecule has 3 heterocycles. The van der Waals surface area contributed by atoms with Gasteiger partial charge in [-0.2, -0.15) is 0 Å². The summed E-state index contributed by atoms with van der Waals surface area (Å²) in [6.45, 7) is 12.7. The van der Waals surface area contributed by atoms with Crippen molar-refractivity contribution in [2.24, 2.45) is 5.41 Å². The summed E-state index contributed by atoms with van der Waals surface area (Å²) in [4.78, 5) is 46.5. The zero-order valence-corrected chi connectivity index (χ0v) is 27.0. The molecule has 0 aromatic carbocycles. The highest BCUT2D eigenvalue weighted by Crippen LogP contribution is 2.32. The number of likely N-dealkylation sites (tertiary alicyclic amines) is 1. The summed E-state index contributed by atoms with van der Waals surface area (Å²) >= 11 is 2.98. The number of pyridine rings is 1. The van der Waals surface area contributed by atoms with Crippen molar-refractivity contribution in [3.05, 3.63) is 42.9 Å². The van der Waals surface area contributed by atoms with Crippen LogP contribution in [0, 0.1) is 31.1 Å². The van der Waals surface area contributed by atoms with E-state index in [4.69, 9.17) is 0 Å². The second-order valence-electron chi connectivity index (χ2n) is 10.7. The first-order chi connectivity index (χ1) is 20.8. The van der Waals surface area contributed by atoms with Crippen molar-refractivity contribution < 1.29 is 14.4 Å². The fourth-order valence-electron chi connectivity index (χ4n) is 4.05. The summed E-state index contributed by atoms with van der Waals surface area (Å²) in [5.41, 5.74) is 1.25. The van der Waals surface area contributed by atoms with E-state index in [2.05, 4.69) is 64.2 Å². The van der Waals surface area contributed by atoms with Crippen LogP contribution in [-0.2, 0) is 14.4 Å². The van der Waals surface area contributed by atoms with E-state index in [-0.39, 0.29) is 23.3 Å². The van der Waals surface area contributed by atoms with E-state index < -0.39 is 6.04 Å². The minimum absolute atomic E-state index is 0.0114. The quantitative estimate of drug-likeness (QED) is 0.153. The molecule has 9 nitrogen and oxygen atoms in total. The number of nitrogens with one attached hydrogen (secondary N) is 3. The molecule has 3 amide bonds. The SMILES string of the molecule is C#C.C#C.C=C.CC(C)(C)[C@H](Nc1nc(-c2ccccn2)cs1)C(=O)N1CCC[C@H]1C(=O)NC1CC1.O=CNSC1CC1. The molecular formula is C32H44N6O3S2. The Balaban J connectivity index is 0.000000603. The molecule has 2 aromatic heterocycles. The Labute approximate surface area is 265 Å². The Morgan fingerprint density at radius 1 is 1.09 bits per heavy atom. The Hall–Kier alpha value is -3.80. The average Bonchev–Trinajstić information content (AvgIpc) is 3.94. The number of carbonyl (C=O) groups is 3. The van der Waals surface area contributed by atoms with Crippen LogP contribution in [0.1, 0.15) is 59.3 Å². The molecule has 1 aliphatic heterocycles. The molecule has 3 N–H and O–H groups in total. The van der Waals surface area contributed by atoms with Crippen molar-refractivity contribution in [1.29, 1.82) is 0 Å². The van der Waals surface area contributed by atoms with E-state index in [9.17, 15) is 14.4 Å². The lowest BCUT2D eigenvalue weighted by molar-refractivity contribution is -0.140. The van der Waals surface area contributed by atoms with Crippen LogP contribution in [0.3, 0.4) is 0 Å². The number of nitrogens with zero attached hydrogens (tertiary/aromatic N) is 3. The maximum atomic E-state index is 13.5. The van der Waals surface area contributed by atoms with Gasteiger partial charge in [-0.25, -0.2) is 4.98 Å². The van der Waals surface area contributed by atoms with Crippen molar-refractivity contribution in [1.82, 2.24) is 24.9 Å². The fourth-order valence-corrected chi connectivity index (χ4v) is 5.40. The van der Waals surface area contributed by atoms with Gasteiger partial charge in [0.2, 0.25) is 18.2 Å². The molecule has 0 radical (unpaired) electrons. The largest absolute Gasteiger partial charge is 0.352 e. The summed E-state index contributed by atoms with van der Waals surface area (Å²) in [5, 5.41) is 9.76. The number of terminal acetylenes is 2. The first-order valence-corrected chi connectivity index (χ1v) is 15.8. The van der Waals surface area contributed by atoms with Gasteiger partial charge in [0, 0.05) is 29.4 Å². The maximum absolute atomic E-state index is 13.5. The first-order valence-electron chi connectivity index (χ1n) is 14.0. The molecule has 1 saturated heterocycles. The number of rotatable bonds is 9. The summed E-state index contributed by atoms with van der Waals surface area (Å²) in [7, 11) is 0. The van der Waals surface area contributed by atoms with Crippen LogP contribution in [0.25, 0.3) is 11.4 Å². The topological polar surface area (TPSA) is 116 Å². The van der Waals surface area contributed by atoms with Crippen molar-refractivity contribution in [3.8, 4) is 37.1 Å². The lowest BCUT2D eigenvalue weighted by Gasteiger charge is -2.35. The Morgan fingerprint density at radius 2 is 1.77 bits per heavy atom. The van der Waals surface area contributed by atoms with Gasteiger partial charge >= 0.3 is 0 Å². The summed E-state index contributed by atoms with van der Waals surface area (Å²) in [6.07, 6.45) is 24.7. The van der Waals surface area contributed by atoms with E-state index >= 15 is 0 Å². The molecule has 11 heteroatoms. The van der Waals surface area contributed by atoms with Gasteiger partial charge in [-0.1, -0.05) is 26.8 Å². The minimum Gasteiger partial charge on any atom is -0.352 e. The van der Waals surface area contributed by atoms with Gasteiger partial charge in [0.1, 0.15) is 17.8 Å². The highest BCUT2D eigenvalue weighted by Gasteiger charge is 2.42. The molecule has 5 rings (SSSR count). The van der Waals surface area contributed by atoms with Crippen LogP contribution in [0.5, 0.6) is 0 Å². The molecule has 2 aliphatic carbocycles. The number of anilines is 1. The molecule has 2 saturated carbocycles. The van der Waals surface area contributed by atoms with E-state index in [0.29, 0.717) is 17.7 Å². The third-order valence-electron chi connectivity index (χ3n) is 6.38. The molecule has 43 heavy (non-hydrogen) atoms. The van der Waals surface area contributed by atoms with E-state index in [0.717, 1.165) is 48.7 Å². The number of amides is 3. The number of hydrogen-bond acceptors (Lipinski definition) is 8. The van der Waals surface area contributed by atoms with Crippen LogP contribution in [0.2, 0.25) is 0 Å². The van der Waals surface area contributed by atoms with Crippen molar-refractivity contribution in [2.75, 3.05) is 11.9 Å². The Bertz CT molecular complexity index is 1160. The molecule has 2 aromatic rings. The van der Waals surface area contributed by atoms with Crippen molar-refractivity contribution >= 4 is 46.6 Å². The zero-order chi connectivity index (χ0) is 32.4. The Morgan fingerprint density at radius 3 is 2.30 bits per heavy atom. The molecule has 0 bridgehead atoms. The number of carbonyl (C=O) groups excluding carboxylic acids is 3. The molecule has 232 valence electrons. The average molecular weight is 625 g/mol. The van der Waals surface area contributed by atoms with Crippen LogP contribution in [0.4, 0.5) is 5.13 Å². The van der Waals surface area contributed by atoms with Crippen LogP contribution in [0.15, 0.2) is 42.9 Å². The minimum atomic E-state index is -0.477. The molecule has 3 aliphatic rings. The standard InChI is InChI=1S/C22H29N5O2S.C4H7NOS.C2H4.2C2H2/c1-22(2,3)18(26-21-25-16(13-30-21)15-7-4-5-11-23-15)20(29)27-12-6-8-17(27)19(28)24-14-9-10-14;6-3-5-7-4-1-2-4;3*1-2/h4-5,7,11,13-14,17-18H,6,8-10,12H2,1-3H3,(H,24,28)(H,25,26);3-4H,1-2H2,(H,5,6);1-2H2;2*1-2H/t17-,18+;;;;/m0..../s1. The predicted octanol–water partition coefficient (Wildman–Crippen LogP) is 5.15.